The van der Waals surface area contributed by atoms with Gasteiger partial charge in [-0.1, -0.05) is 54.1 Å². The summed E-state index contributed by atoms with van der Waals surface area (Å²) in [7, 11) is -8.55. The Labute approximate surface area is 300 Å². The van der Waals surface area contributed by atoms with Gasteiger partial charge in [0.1, 0.15) is 5.82 Å². The van der Waals surface area contributed by atoms with Gasteiger partial charge in [-0.25, -0.2) is 38.7 Å². The first-order valence-corrected chi connectivity index (χ1v) is 18.7. The van der Waals surface area contributed by atoms with Gasteiger partial charge in [0.15, 0.2) is 0 Å². The SMILES string of the molecule is CS(=O)(=O)NC(=O)c1ccc(-c2cccc(-c3c(-c4c(C#N)cccc4C#N)c4cc(F)ccc4n3S(=O)(=O)c3ccc(C(F)F)cc3)c2)c(Cl)c1. The molecule has 1 heterocycles. The van der Waals surface area contributed by atoms with Crippen LogP contribution in [0.25, 0.3) is 44.4 Å². The molecule has 6 aromatic rings. The molecular formula is C37H22ClF3N4O5S2. The minimum absolute atomic E-state index is 0.00977. The third kappa shape index (κ3) is 6.63. The summed E-state index contributed by atoms with van der Waals surface area (Å²) in [5.41, 5.74) is 0.417. The van der Waals surface area contributed by atoms with Crippen molar-refractivity contribution in [1.82, 2.24) is 8.69 Å². The van der Waals surface area contributed by atoms with Crippen LogP contribution in [-0.2, 0) is 20.0 Å². The number of carbonyl (C=O) groups is 1. The van der Waals surface area contributed by atoms with Crippen LogP contribution in [0.4, 0.5) is 13.2 Å². The van der Waals surface area contributed by atoms with E-state index in [1.807, 2.05) is 16.9 Å². The van der Waals surface area contributed by atoms with Gasteiger partial charge in [-0.2, -0.15) is 10.5 Å². The van der Waals surface area contributed by atoms with Crippen molar-refractivity contribution in [1.29, 1.82) is 10.5 Å². The standard InChI is InChI=1S/C37H22ClF3N4O5S2/c1-51(47,48)44-37(46)24-10-14-29(31(38)17-24)22-4-2-5-23(16-22)35-34(33-25(19-42)6-3-7-26(33)20-43)30-18-27(39)11-15-32(30)45(35)52(49,50)28-12-8-21(9-13-28)36(40)41/h2-18,36H,1H3,(H,44,46). The van der Waals surface area contributed by atoms with Crippen molar-refractivity contribution in [2.24, 2.45) is 0 Å². The third-order valence-electron chi connectivity index (χ3n) is 8.07. The number of rotatable bonds is 8. The van der Waals surface area contributed by atoms with Crippen LogP contribution in [0.5, 0.6) is 0 Å². The van der Waals surface area contributed by atoms with E-state index in [4.69, 9.17) is 11.6 Å². The lowest BCUT2D eigenvalue weighted by molar-refractivity contribution is 0.0981. The Kier molecular flexibility index (Phi) is 9.42. The van der Waals surface area contributed by atoms with Gasteiger partial charge in [0.25, 0.3) is 22.4 Å². The summed E-state index contributed by atoms with van der Waals surface area (Å²) in [5, 5.41) is 20.4. The van der Waals surface area contributed by atoms with Crippen LogP contribution in [0.15, 0.2) is 108 Å². The summed E-state index contributed by atoms with van der Waals surface area (Å²) in [6, 6.07) is 26.1. The van der Waals surface area contributed by atoms with E-state index in [2.05, 4.69) is 0 Å². The summed E-state index contributed by atoms with van der Waals surface area (Å²) in [6.45, 7) is 0. The van der Waals surface area contributed by atoms with E-state index in [1.54, 1.807) is 24.3 Å². The van der Waals surface area contributed by atoms with Gasteiger partial charge in [-0.3, -0.25) is 4.79 Å². The van der Waals surface area contributed by atoms with Crippen molar-refractivity contribution in [3.8, 4) is 45.6 Å². The second-order valence-corrected chi connectivity index (χ2v) is 15.4. The number of hydrogen-bond donors (Lipinski definition) is 1. The van der Waals surface area contributed by atoms with E-state index in [0.717, 1.165) is 46.6 Å². The topological polar surface area (TPSA) is 150 Å². The molecule has 9 nitrogen and oxygen atoms in total. The fraction of sp³-hybridized carbons (Fsp3) is 0.0541. The molecule has 0 saturated heterocycles. The van der Waals surface area contributed by atoms with Gasteiger partial charge in [0.05, 0.1) is 45.6 Å². The van der Waals surface area contributed by atoms with E-state index >= 15 is 4.39 Å². The molecule has 0 saturated carbocycles. The van der Waals surface area contributed by atoms with Crippen LogP contribution in [0.1, 0.15) is 33.5 Å². The smallest absolute Gasteiger partial charge is 0.268 e. The maximum Gasteiger partial charge on any atom is 0.268 e. The molecule has 1 amide bonds. The van der Waals surface area contributed by atoms with Crippen molar-refractivity contribution in [2.75, 3.05) is 6.26 Å². The van der Waals surface area contributed by atoms with Gasteiger partial charge in [-0.15, -0.1) is 0 Å². The fourth-order valence-corrected chi connectivity index (χ4v) is 8.14. The molecule has 0 atom stereocenters. The first-order chi connectivity index (χ1) is 24.6. The Hall–Kier alpha value is -5.93. The Morgan fingerprint density at radius 1 is 0.808 bits per heavy atom. The number of fused-ring (bicyclic) bond motifs is 1. The summed E-state index contributed by atoms with van der Waals surface area (Å²) in [4.78, 5) is 12.1. The lowest BCUT2D eigenvalue weighted by atomic mass is 9.90. The molecule has 0 aliphatic carbocycles. The zero-order valence-electron chi connectivity index (χ0n) is 26.6. The number of halogens is 4. The number of alkyl halides is 2. The zero-order chi connectivity index (χ0) is 37.5. The molecule has 52 heavy (non-hydrogen) atoms. The van der Waals surface area contributed by atoms with Gasteiger partial charge in [-0.05, 0) is 66.2 Å². The van der Waals surface area contributed by atoms with Crippen molar-refractivity contribution in [3.63, 3.8) is 0 Å². The average Bonchev–Trinajstić information content (AvgIpc) is 3.45. The number of nitriles is 2. The predicted molar refractivity (Wildman–Crippen MR) is 189 cm³/mol. The first kappa shape index (κ1) is 35.9. The predicted octanol–water partition coefficient (Wildman–Crippen LogP) is 8.04. The van der Waals surface area contributed by atoms with Crippen LogP contribution in [-0.4, -0.2) is 33.0 Å². The normalized spacial score (nSPS) is 11.7. The Bertz CT molecular complexity index is 2720. The van der Waals surface area contributed by atoms with E-state index in [9.17, 15) is 40.9 Å². The number of carbonyl (C=O) groups excluding carboxylic acids is 1. The van der Waals surface area contributed by atoms with Gasteiger partial charge < -0.3 is 0 Å². The molecular weight excluding hydrogens is 737 g/mol. The maximum absolute atomic E-state index is 15.1. The quantitative estimate of drug-likeness (QED) is 0.165. The highest BCUT2D eigenvalue weighted by atomic mass is 35.5. The molecule has 1 aromatic heterocycles. The van der Waals surface area contributed by atoms with Crippen LogP contribution in [0.3, 0.4) is 0 Å². The summed E-state index contributed by atoms with van der Waals surface area (Å²) >= 11 is 6.59. The molecule has 0 spiro atoms. The summed E-state index contributed by atoms with van der Waals surface area (Å²) < 4.78 is 97.1. The number of nitrogens with zero attached hydrogens (tertiary/aromatic N) is 3. The monoisotopic (exact) mass is 758 g/mol. The number of aromatic nitrogens is 1. The minimum atomic E-state index is -4.68. The summed E-state index contributed by atoms with van der Waals surface area (Å²) in [5.74, 6) is -1.66. The minimum Gasteiger partial charge on any atom is -0.268 e. The van der Waals surface area contributed by atoms with Crippen molar-refractivity contribution in [2.45, 2.75) is 11.3 Å². The number of sulfonamides is 1. The van der Waals surface area contributed by atoms with Gasteiger partial charge in [0, 0.05) is 43.8 Å². The fourth-order valence-electron chi connectivity index (χ4n) is 5.85. The number of hydrogen-bond acceptors (Lipinski definition) is 7. The van der Waals surface area contributed by atoms with Crippen LogP contribution >= 0.6 is 11.6 Å². The highest BCUT2D eigenvalue weighted by Crippen LogP contribution is 2.46. The zero-order valence-corrected chi connectivity index (χ0v) is 29.0. The van der Waals surface area contributed by atoms with E-state index in [-0.39, 0.29) is 59.9 Å². The number of amides is 1. The first-order valence-electron chi connectivity index (χ1n) is 15.0. The second-order valence-electron chi connectivity index (χ2n) is 11.5. The van der Waals surface area contributed by atoms with E-state index in [0.29, 0.717) is 11.1 Å². The lowest BCUT2D eigenvalue weighted by Crippen LogP contribution is -2.29. The molecule has 6 rings (SSSR count). The largest absolute Gasteiger partial charge is 0.268 e. The van der Waals surface area contributed by atoms with Gasteiger partial charge >= 0.3 is 0 Å². The Morgan fingerprint density at radius 3 is 2.04 bits per heavy atom. The molecule has 260 valence electrons. The third-order valence-corrected chi connectivity index (χ3v) is 10.7. The Morgan fingerprint density at radius 2 is 1.44 bits per heavy atom. The highest BCUT2D eigenvalue weighted by Gasteiger charge is 2.31. The van der Waals surface area contributed by atoms with E-state index < -0.39 is 43.8 Å². The molecule has 0 aliphatic rings. The summed E-state index contributed by atoms with van der Waals surface area (Å²) in [6.07, 6.45) is -2.04. The molecule has 0 fully saturated rings. The van der Waals surface area contributed by atoms with Crippen molar-refractivity contribution in [3.05, 3.63) is 136 Å². The number of benzene rings is 5. The van der Waals surface area contributed by atoms with Crippen molar-refractivity contribution >= 4 is 48.5 Å². The second kappa shape index (κ2) is 13.7. The van der Waals surface area contributed by atoms with Crippen molar-refractivity contribution < 1.29 is 34.8 Å². The molecule has 0 bridgehead atoms. The molecule has 5 aromatic carbocycles. The average molecular weight is 759 g/mol. The number of nitrogens with one attached hydrogen (secondary N) is 1. The Balaban J connectivity index is 1.69. The lowest BCUT2D eigenvalue weighted by Gasteiger charge is -2.16. The molecule has 0 aliphatic heterocycles. The van der Waals surface area contributed by atoms with Crippen LogP contribution in [0, 0.1) is 28.5 Å². The highest BCUT2D eigenvalue weighted by molar-refractivity contribution is 7.90. The maximum atomic E-state index is 15.1. The van der Waals surface area contributed by atoms with Crippen LogP contribution in [0.2, 0.25) is 5.02 Å². The van der Waals surface area contributed by atoms with Gasteiger partial charge in [0.2, 0.25) is 10.0 Å². The van der Waals surface area contributed by atoms with Crippen LogP contribution < -0.4 is 4.72 Å². The molecule has 1 N–H and O–H groups in total. The molecule has 15 heteroatoms. The molecule has 0 radical (unpaired) electrons. The molecule has 0 unspecified atom stereocenters. The van der Waals surface area contributed by atoms with E-state index in [1.165, 1.54) is 42.5 Å².